The molecule has 0 amide bonds. The van der Waals surface area contributed by atoms with E-state index in [9.17, 15) is 9.59 Å². The maximum atomic E-state index is 11.2. The summed E-state index contributed by atoms with van der Waals surface area (Å²) in [7, 11) is 0. The van der Waals surface area contributed by atoms with Crippen molar-refractivity contribution in [1.82, 2.24) is 0 Å². The first-order valence-corrected chi connectivity index (χ1v) is 11.9. The fourth-order valence-electron chi connectivity index (χ4n) is 0.938. The SMILES string of the molecule is [CH3][Ge]([CH3])([CH3])[O]C(=O)CCCCC(=O)O. The van der Waals surface area contributed by atoms with Crippen LogP contribution in [0.4, 0.5) is 0 Å². The van der Waals surface area contributed by atoms with Gasteiger partial charge in [0, 0.05) is 0 Å². The van der Waals surface area contributed by atoms with E-state index in [-0.39, 0.29) is 12.4 Å². The van der Waals surface area contributed by atoms with E-state index in [0.29, 0.717) is 19.3 Å². The molecule has 1 N–H and O–H groups in total. The number of carboxylic acids is 1. The summed E-state index contributed by atoms with van der Waals surface area (Å²) in [6.45, 7) is 0. The molecule has 82 valence electrons. The fourth-order valence-corrected chi connectivity index (χ4v) is 2.59. The third-order valence-corrected chi connectivity index (χ3v) is 3.20. The van der Waals surface area contributed by atoms with Crippen LogP contribution in [0.3, 0.4) is 0 Å². The summed E-state index contributed by atoms with van der Waals surface area (Å²) in [4.78, 5) is 21.3. The van der Waals surface area contributed by atoms with Gasteiger partial charge in [0.1, 0.15) is 0 Å². The van der Waals surface area contributed by atoms with Gasteiger partial charge in [0.15, 0.2) is 0 Å². The van der Waals surface area contributed by atoms with Gasteiger partial charge in [-0.15, -0.1) is 0 Å². The molecule has 0 bridgehead atoms. The van der Waals surface area contributed by atoms with E-state index in [0.717, 1.165) is 0 Å². The molecule has 0 aliphatic rings. The Morgan fingerprint density at radius 2 is 1.64 bits per heavy atom. The van der Waals surface area contributed by atoms with Crippen LogP contribution < -0.4 is 0 Å². The van der Waals surface area contributed by atoms with Crippen molar-refractivity contribution in [3.05, 3.63) is 0 Å². The van der Waals surface area contributed by atoms with Gasteiger partial charge >= 0.3 is 87.0 Å². The standard InChI is InChI=1S/C9H18GeO4/c1-10(2,3)14-9(13)7-5-4-6-8(11)12/h4-7H2,1-3H3,(H,11,12). The van der Waals surface area contributed by atoms with Crippen LogP contribution in [0.1, 0.15) is 25.7 Å². The van der Waals surface area contributed by atoms with Gasteiger partial charge in [0.2, 0.25) is 0 Å². The van der Waals surface area contributed by atoms with E-state index in [4.69, 9.17) is 8.87 Å². The molecule has 0 aliphatic heterocycles. The van der Waals surface area contributed by atoms with Crippen LogP contribution in [0.5, 0.6) is 0 Å². The van der Waals surface area contributed by atoms with Crippen LogP contribution in [0.2, 0.25) is 17.3 Å². The second-order valence-electron chi connectivity index (χ2n) is 4.19. The molecule has 0 fully saturated rings. The van der Waals surface area contributed by atoms with Crippen molar-refractivity contribution in [3.63, 3.8) is 0 Å². The van der Waals surface area contributed by atoms with Gasteiger partial charge in [0.25, 0.3) is 0 Å². The molecule has 0 rings (SSSR count). The van der Waals surface area contributed by atoms with Crippen molar-refractivity contribution in [2.45, 2.75) is 43.0 Å². The minimum absolute atomic E-state index is 0.129. The average Bonchev–Trinajstić information content (AvgIpc) is 1.94. The number of hydrogen-bond donors (Lipinski definition) is 1. The number of carboxylic acid groups (broad SMARTS) is 1. The summed E-state index contributed by atoms with van der Waals surface area (Å²) in [6.07, 6.45) is 1.62. The van der Waals surface area contributed by atoms with Crippen molar-refractivity contribution < 1.29 is 18.5 Å². The Bertz CT molecular complexity index is 207. The number of carbonyl (C=O) groups excluding carboxylic acids is 1. The third-order valence-electron chi connectivity index (χ3n) is 1.44. The molecule has 0 saturated carbocycles. The molecule has 0 aromatic heterocycles. The molecule has 0 spiro atoms. The van der Waals surface area contributed by atoms with Gasteiger partial charge in [-0.25, -0.2) is 0 Å². The Morgan fingerprint density at radius 1 is 1.14 bits per heavy atom. The monoisotopic (exact) mass is 264 g/mol. The molecule has 0 atom stereocenters. The number of hydrogen-bond acceptors (Lipinski definition) is 3. The predicted molar refractivity (Wildman–Crippen MR) is 55.5 cm³/mol. The fraction of sp³-hybridized carbons (Fsp3) is 0.778. The topological polar surface area (TPSA) is 63.6 Å². The number of carbonyl (C=O) groups is 2. The molecule has 0 aromatic carbocycles. The molecule has 0 aromatic rings. The number of unbranched alkanes of at least 4 members (excludes halogenated alkanes) is 1. The van der Waals surface area contributed by atoms with Gasteiger partial charge in [-0.3, -0.25) is 0 Å². The predicted octanol–water partition coefficient (Wildman–Crippen LogP) is 2.01. The van der Waals surface area contributed by atoms with E-state index in [1.807, 2.05) is 17.3 Å². The third kappa shape index (κ3) is 9.57. The van der Waals surface area contributed by atoms with Crippen LogP contribution in [-0.2, 0) is 13.4 Å². The minimum atomic E-state index is -2.23. The molecule has 0 saturated heterocycles. The molecule has 5 heteroatoms. The normalized spacial score (nSPS) is 11.1. The van der Waals surface area contributed by atoms with Gasteiger partial charge in [0.05, 0.1) is 0 Å². The first kappa shape index (κ1) is 13.5. The summed E-state index contributed by atoms with van der Waals surface area (Å²) in [5.41, 5.74) is 0. The zero-order chi connectivity index (χ0) is 11.2. The Labute approximate surface area is 87.3 Å². The zero-order valence-electron chi connectivity index (χ0n) is 9.00. The van der Waals surface area contributed by atoms with Gasteiger partial charge in [-0.2, -0.15) is 0 Å². The van der Waals surface area contributed by atoms with Crippen molar-refractivity contribution in [2.75, 3.05) is 0 Å². The van der Waals surface area contributed by atoms with Crippen LogP contribution in [0.25, 0.3) is 0 Å². The molecule has 4 nitrogen and oxygen atoms in total. The van der Waals surface area contributed by atoms with E-state index in [2.05, 4.69) is 0 Å². The summed E-state index contributed by atoms with van der Waals surface area (Å²) in [5, 5.41) is 8.36. The average molecular weight is 263 g/mol. The van der Waals surface area contributed by atoms with Crippen molar-refractivity contribution in [1.29, 1.82) is 0 Å². The number of aliphatic carboxylic acids is 1. The van der Waals surface area contributed by atoms with Crippen LogP contribution in [-0.4, -0.2) is 30.6 Å². The first-order chi connectivity index (χ1) is 6.31. The van der Waals surface area contributed by atoms with Crippen molar-refractivity contribution in [2.24, 2.45) is 0 Å². The van der Waals surface area contributed by atoms with Gasteiger partial charge in [-0.05, 0) is 0 Å². The van der Waals surface area contributed by atoms with E-state index >= 15 is 0 Å². The first-order valence-electron chi connectivity index (χ1n) is 4.75. The second kappa shape index (κ2) is 6.06. The molecular formula is C9H18GeO4. The molecule has 0 aliphatic carbocycles. The molecule has 14 heavy (non-hydrogen) atoms. The summed E-state index contributed by atoms with van der Waals surface area (Å²) >= 11 is -2.23. The second-order valence-corrected chi connectivity index (χ2v) is 13.5. The van der Waals surface area contributed by atoms with E-state index in [1.54, 1.807) is 0 Å². The molecular weight excluding hydrogens is 245 g/mol. The Hall–Kier alpha value is -0.517. The Morgan fingerprint density at radius 3 is 2.07 bits per heavy atom. The van der Waals surface area contributed by atoms with Crippen LogP contribution >= 0.6 is 0 Å². The van der Waals surface area contributed by atoms with E-state index in [1.165, 1.54) is 0 Å². The van der Waals surface area contributed by atoms with Crippen molar-refractivity contribution in [3.8, 4) is 0 Å². The molecule has 0 radical (unpaired) electrons. The van der Waals surface area contributed by atoms with Gasteiger partial charge in [-0.1, -0.05) is 0 Å². The number of rotatable bonds is 6. The van der Waals surface area contributed by atoms with Crippen LogP contribution in [0.15, 0.2) is 0 Å². The maximum absolute atomic E-state index is 11.2. The summed E-state index contributed by atoms with van der Waals surface area (Å²) in [6, 6.07) is 0. The van der Waals surface area contributed by atoms with E-state index < -0.39 is 19.6 Å². The quantitative estimate of drug-likeness (QED) is 0.588. The Kier molecular flexibility index (Phi) is 5.83. The van der Waals surface area contributed by atoms with Crippen LogP contribution in [0, 0.1) is 0 Å². The van der Waals surface area contributed by atoms with Crippen molar-refractivity contribution >= 4 is 25.5 Å². The summed E-state index contributed by atoms with van der Waals surface area (Å²) < 4.78 is 5.25. The molecule has 0 unspecified atom stereocenters. The summed E-state index contributed by atoms with van der Waals surface area (Å²) in [5.74, 6) is 4.99. The van der Waals surface area contributed by atoms with Gasteiger partial charge < -0.3 is 0 Å². The zero-order valence-corrected chi connectivity index (χ0v) is 11.1. The Balaban J connectivity index is 3.50. The molecule has 0 heterocycles.